The van der Waals surface area contributed by atoms with E-state index in [0.717, 1.165) is 6.07 Å². The highest BCUT2D eigenvalue weighted by atomic mass is 19.4. The molecule has 0 atom stereocenters. The summed E-state index contributed by atoms with van der Waals surface area (Å²) < 4.78 is 43.6. The number of hydrogen-bond donors (Lipinski definition) is 1. The number of benzene rings is 1. The van der Waals surface area contributed by atoms with Crippen LogP contribution in [-0.4, -0.2) is 10.7 Å². The van der Waals surface area contributed by atoms with E-state index in [1.165, 1.54) is 12.1 Å². The molecule has 0 unspecified atom stereocenters. The van der Waals surface area contributed by atoms with Gasteiger partial charge in [-0.2, -0.15) is 13.2 Å². The molecule has 1 N–H and O–H groups in total. The lowest BCUT2D eigenvalue weighted by Crippen LogP contribution is -2.24. The molecule has 17 heavy (non-hydrogen) atoms. The predicted octanol–water partition coefficient (Wildman–Crippen LogP) is 3.38. The zero-order chi connectivity index (χ0) is 13.3. The van der Waals surface area contributed by atoms with Gasteiger partial charge in [-0.15, -0.1) is 0 Å². The van der Waals surface area contributed by atoms with E-state index >= 15 is 0 Å². The predicted molar refractivity (Wildman–Crippen MR) is 57.7 cm³/mol. The molecule has 96 valence electrons. The van der Waals surface area contributed by atoms with Gasteiger partial charge in [0.2, 0.25) is 0 Å². The lowest BCUT2D eigenvalue weighted by molar-refractivity contribution is -0.139. The maximum absolute atomic E-state index is 12.8. The minimum Gasteiger partial charge on any atom is -0.488 e. The largest absolute Gasteiger partial charge is 0.488 e. The minimum absolute atomic E-state index is 0.207. The molecule has 1 rings (SSSR count). The average molecular weight is 248 g/mol. The number of alkyl halides is 3. The summed E-state index contributed by atoms with van der Waals surface area (Å²) in [6.45, 7) is 4.59. The number of aliphatic hydroxyl groups excluding tert-OH is 1. The lowest BCUT2D eigenvalue weighted by atomic mass is 10.1. The monoisotopic (exact) mass is 248 g/mol. The maximum atomic E-state index is 12.8. The summed E-state index contributed by atoms with van der Waals surface area (Å²) in [5.74, 6) is -0.220. The Morgan fingerprint density at radius 3 is 2.18 bits per heavy atom. The molecule has 5 heteroatoms. The molecule has 0 amide bonds. The third-order valence-corrected chi connectivity index (χ3v) is 1.95. The van der Waals surface area contributed by atoms with Crippen molar-refractivity contribution in [3.8, 4) is 5.75 Å². The standard InChI is InChI=1S/C12H15F3O2/c1-11(2,3)17-10-5-4-8(7-16)6-9(10)12(13,14)15/h4-6,16H,7H2,1-3H3. The highest BCUT2D eigenvalue weighted by Gasteiger charge is 2.35. The van der Waals surface area contributed by atoms with E-state index in [-0.39, 0.29) is 11.3 Å². The lowest BCUT2D eigenvalue weighted by Gasteiger charge is -2.24. The van der Waals surface area contributed by atoms with Crippen molar-refractivity contribution in [1.82, 2.24) is 0 Å². The SMILES string of the molecule is CC(C)(C)Oc1ccc(CO)cc1C(F)(F)F. The summed E-state index contributed by atoms with van der Waals surface area (Å²) in [5.41, 5.74) is -1.36. The van der Waals surface area contributed by atoms with Crippen LogP contribution in [0.25, 0.3) is 0 Å². The summed E-state index contributed by atoms with van der Waals surface area (Å²) in [7, 11) is 0. The van der Waals surface area contributed by atoms with Crippen LogP contribution in [0, 0.1) is 0 Å². The molecule has 0 aromatic heterocycles. The van der Waals surface area contributed by atoms with Gasteiger partial charge < -0.3 is 9.84 Å². The Labute approximate surface area is 98.0 Å². The first-order valence-corrected chi connectivity index (χ1v) is 5.13. The zero-order valence-electron chi connectivity index (χ0n) is 9.93. The highest BCUT2D eigenvalue weighted by Crippen LogP contribution is 2.38. The Morgan fingerprint density at radius 2 is 1.76 bits per heavy atom. The van der Waals surface area contributed by atoms with Crippen molar-refractivity contribution in [1.29, 1.82) is 0 Å². The fourth-order valence-corrected chi connectivity index (χ4v) is 1.32. The van der Waals surface area contributed by atoms with E-state index in [2.05, 4.69) is 0 Å². The van der Waals surface area contributed by atoms with Crippen LogP contribution in [-0.2, 0) is 12.8 Å². The third-order valence-electron chi connectivity index (χ3n) is 1.95. The van der Waals surface area contributed by atoms with Crippen molar-refractivity contribution in [3.63, 3.8) is 0 Å². The Hall–Kier alpha value is -1.23. The molecule has 0 heterocycles. The van der Waals surface area contributed by atoms with E-state index in [0.29, 0.717) is 0 Å². The molecule has 0 saturated heterocycles. The smallest absolute Gasteiger partial charge is 0.419 e. The highest BCUT2D eigenvalue weighted by molar-refractivity contribution is 5.39. The van der Waals surface area contributed by atoms with Crippen LogP contribution >= 0.6 is 0 Å². The fourth-order valence-electron chi connectivity index (χ4n) is 1.32. The second-order valence-corrected chi connectivity index (χ2v) is 4.70. The summed E-state index contributed by atoms with van der Waals surface area (Å²) in [4.78, 5) is 0. The van der Waals surface area contributed by atoms with Gasteiger partial charge in [-0.05, 0) is 38.5 Å². The second-order valence-electron chi connectivity index (χ2n) is 4.70. The minimum atomic E-state index is -4.49. The molecule has 0 fully saturated rings. The van der Waals surface area contributed by atoms with Crippen LogP contribution in [0.5, 0.6) is 5.75 Å². The molecule has 0 saturated carbocycles. The Balaban J connectivity index is 3.21. The summed E-state index contributed by atoms with van der Waals surface area (Å²) in [6.07, 6.45) is -4.49. The number of rotatable bonds is 2. The van der Waals surface area contributed by atoms with Gasteiger partial charge in [-0.3, -0.25) is 0 Å². The van der Waals surface area contributed by atoms with Crippen LogP contribution in [0.4, 0.5) is 13.2 Å². The van der Waals surface area contributed by atoms with Crippen LogP contribution in [0.3, 0.4) is 0 Å². The molecule has 1 aromatic carbocycles. The van der Waals surface area contributed by atoms with Crippen molar-refractivity contribution in [2.75, 3.05) is 0 Å². The second kappa shape index (κ2) is 4.56. The van der Waals surface area contributed by atoms with E-state index < -0.39 is 23.9 Å². The van der Waals surface area contributed by atoms with Gasteiger partial charge in [-0.1, -0.05) is 6.07 Å². The van der Waals surface area contributed by atoms with Crippen LogP contribution in [0.1, 0.15) is 31.9 Å². The molecule has 0 bridgehead atoms. The van der Waals surface area contributed by atoms with Crippen molar-refractivity contribution in [2.24, 2.45) is 0 Å². The number of aliphatic hydroxyl groups is 1. The normalized spacial score (nSPS) is 12.6. The summed E-state index contributed by atoms with van der Waals surface area (Å²) >= 11 is 0. The average Bonchev–Trinajstić information content (AvgIpc) is 2.14. The van der Waals surface area contributed by atoms with Crippen LogP contribution in [0.2, 0.25) is 0 Å². The van der Waals surface area contributed by atoms with Crippen molar-refractivity contribution in [3.05, 3.63) is 29.3 Å². The molecule has 0 radical (unpaired) electrons. The first-order chi connectivity index (χ1) is 7.63. The van der Waals surface area contributed by atoms with Gasteiger partial charge in [-0.25, -0.2) is 0 Å². The van der Waals surface area contributed by atoms with Crippen LogP contribution < -0.4 is 4.74 Å². The van der Waals surface area contributed by atoms with Crippen molar-refractivity contribution < 1.29 is 23.0 Å². The van der Waals surface area contributed by atoms with E-state index in [9.17, 15) is 13.2 Å². The van der Waals surface area contributed by atoms with E-state index in [4.69, 9.17) is 9.84 Å². The molecular weight excluding hydrogens is 233 g/mol. The molecule has 0 spiro atoms. The number of ether oxygens (including phenoxy) is 1. The van der Waals surface area contributed by atoms with Crippen molar-refractivity contribution >= 4 is 0 Å². The van der Waals surface area contributed by atoms with Crippen molar-refractivity contribution in [2.45, 2.75) is 39.2 Å². The molecule has 0 aliphatic carbocycles. The molecule has 1 aromatic rings. The Bertz CT molecular complexity index is 392. The zero-order valence-corrected chi connectivity index (χ0v) is 9.93. The van der Waals surface area contributed by atoms with E-state index in [1.807, 2.05) is 0 Å². The van der Waals surface area contributed by atoms with Gasteiger partial charge in [0.05, 0.1) is 12.2 Å². The molecule has 2 nitrogen and oxygen atoms in total. The van der Waals surface area contributed by atoms with Gasteiger partial charge in [0, 0.05) is 0 Å². The Kier molecular flexibility index (Phi) is 3.71. The third kappa shape index (κ3) is 3.93. The first-order valence-electron chi connectivity index (χ1n) is 5.13. The fraction of sp³-hybridized carbons (Fsp3) is 0.500. The topological polar surface area (TPSA) is 29.5 Å². The molecular formula is C12H15F3O2. The van der Waals surface area contributed by atoms with Gasteiger partial charge in [0.15, 0.2) is 0 Å². The van der Waals surface area contributed by atoms with Gasteiger partial charge in [0.25, 0.3) is 0 Å². The number of halogens is 3. The summed E-state index contributed by atoms with van der Waals surface area (Å²) in [6, 6.07) is 3.55. The van der Waals surface area contributed by atoms with Gasteiger partial charge in [0.1, 0.15) is 11.4 Å². The van der Waals surface area contributed by atoms with E-state index in [1.54, 1.807) is 20.8 Å². The first kappa shape index (κ1) is 13.8. The van der Waals surface area contributed by atoms with Crippen LogP contribution in [0.15, 0.2) is 18.2 Å². The quantitative estimate of drug-likeness (QED) is 0.869. The van der Waals surface area contributed by atoms with Gasteiger partial charge >= 0.3 is 6.18 Å². The maximum Gasteiger partial charge on any atom is 0.419 e. The molecule has 0 aliphatic rings. The Morgan fingerprint density at radius 1 is 1.18 bits per heavy atom. The number of hydrogen-bond acceptors (Lipinski definition) is 2. The molecule has 0 aliphatic heterocycles. The summed E-state index contributed by atoms with van der Waals surface area (Å²) in [5, 5.41) is 8.84.